The molecule has 0 spiro atoms. The van der Waals surface area contributed by atoms with Crippen molar-refractivity contribution >= 4 is 23.1 Å². The van der Waals surface area contributed by atoms with Crippen LogP contribution in [0.3, 0.4) is 0 Å². The number of aromatic nitrogens is 2. The van der Waals surface area contributed by atoms with Crippen molar-refractivity contribution in [2.45, 2.75) is 32.6 Å². The Hall–Kier alpha value is -2.40. The van der Waals surface area contributed by atoms with Gasteiger partial charge in [-0.15, -0.1) is 11.3 Å². The highest BCUT2D eigenvalue weighted by atomic mass is 32.1. The number of H-pyrrole nitrogens is 1. The smallest absolute Gasteiger partial charge is 0.267 e. The van der Waals surface area contributed by atoms with E-state index in [1.54, 1.807) is 0 Å². The van der Waals surface area contributed by atoms with Crippen LogP contribution in [0.1, 0.15) is 45.1 Å². The standard InChI is InChI=1S/C19H19N3OS/c1-11-7-12(2)9-14(8-11)16-10-17(22-21-16)20-19(23)18-15(5-6-24-18)13-3-4-13/h5-10,13H,3-4H2,1-2H3,(H2,20,21,22,23). The van der Waals surface area contributed by atoms with Crippen LogP contribution in [0, 0.1) is 13.8 Å². The Balaban J connectivity index is 1.54. The summed E-state index contributed by atoms with van der Waals surface area (Å²) in [6.45, 7) is 4.15. The van der Waals surface area contributed by atoms with Gasteiger partial charge in [0.25, 0.3) is 5.91 Å². The van der Waals surface area contributed by atoms with E-state index >= 15 is 0 Å². The van der Waals surface area contributed by atoms with Crippen LogP contribution in [0.4, 0.5) is 5.82 Å². The highest BCUT2D eigenvalue weighted by molar-refractivity contribution is 7.12. The number of hydrogen-bond donors (Lipinski definition) is 2. The number of carbonyl (C=O) groups excluding carboxylic acids is 1. The molecule has 0 saturated heterocycles. The minimum Gasteiger partial charge on any atom is -0.304 e. The molecule has 122 valence electrons. The zero-order valence-corrected chi connectivity index (χ0v) is 14.5. The topological polar surface area (TPSA) is 57.8 Å². The van der Waals surface area contributed by atoms with Gasteiger partial charge in [0.1, 0.15) is 0 Å². The average Bonchev–Trinajstić information content (AvgIpc) is 3.08. The molecule has 0 bridgehead atoms. The van der Waals surface area contributed by atoms with Crippen molar-refractivity contribution in [1.82, 2.24) is 10.2 Å². The first-order valence-electron chi connectivity index (χ1n) is 8.13. The number of rotatable bonds is 4. The molecule has 0 unspecified atom stereocenters. The van der Waals surface area contributed by atoms with Crippen LogP contribution in [0.25, 0.3) is 11.3 Å². The van der Waals surface area contributed by atoms with Gasteiger partial charge in [-0.05, 0) is 61.7 Å². The fourth-order valence-corrected chi connectivity index (χ4v) is 3.94. The summed E-state index contributed by atoms with van der Waals surface area (Å²) in [5, 5.41) is 12.2. The van der Waals surface area contributed by atoms with Crippen molar-refractivity contribution in [3.8, 4) is 11.3 Å². The number of thiophene rings is 1. The van der Waals surface area contributed by atoms with E-state index in [1.165, 1.54) is 40.9 Å². The second-order valence-electron chi connectivity index (χ2n) is 6.48. The number of nitrogens with one attached hydrogen (secondary N) is 2. The lowest BCUT2D eigenvalue weighted by Crippen LogP contribution is -2.12. The second kappa shape index (κ2) is 5.91. The molecule has 0 radical (unpaired) electrons. The molecule has 1 fully saturated rings. The van der Waals surface area contributed by atoms with E-state index in [9.17, 15) is 4.79 Å². The van der Waals surface area contributed by atoms with E-state index in [0.29, 0.717) is 11.7 Å². The summed E-state index contributed by atoms with van der Waals surface area (Å²) in [6.07, 6.45) is 2.38. The molecule has 0 aliphatic heterocycles. The summed E-state index contributed by atoms with van der Waals surface area (Å²) in [5.74, 6) is 1.07. The first kappa shape index (κ1) is 15.1. The van der Waals surface area contributed by atoms with Gasteiger partial charge in [0, 0.05) is 11.6 Å². The number of hydrogen-bond acceptors (Lipinski definition) is 3. The van der Waals surface area contributed by atoms with Crippen LogP contribution in [-0.2, 0) is 0 Å². The second-order valence-corrected chi connectivity index (χ2v) is 7.39. The van der Waals surface area contributed by atoms with E-state index in [0.717, 1.165) is 16.1 Å². The molecule has 0 atom stereocenters. The quantitative estimate of drug-likeness (QED) is 0.712. The zero-order chi connectivity index (χ0) is 16.7. The Morgan fingerprint density at radius 2 is 1.96 bits per heavy atom. The molecule has 1 saturated carbocycles. The number of amides is 1. The Bertz CT molecular complexity index is 885. The van der Waals surface area contributed by atoms with Crippen LogP contribution < -0.4 is 5.32 Å². The molecule has 1 aliphatic rings. The van der Waals surface area contributed by atoms with Gasteiger partial charge in [-0.2, -0.15) is 5.10 Å². The molecule has 1 aromatic carbocycles. The van der Waals surface area contributed by atoms with Crippen LogP contribution in [-0.4, -0.2) is 16.1 Å². The van der Waals surface area contributed by atoms with Gasteiger partial charge < -0.3 is 5.32 Å². The maximum atomic E-state index is 12.5. The summed E-state index contributed by atoms with van der Waals surface area (Å²) in [7, 11) is 0. The lowest BCUT2D eigenvalue weighted by Gasteiger charge is -2.03. The van der Waals surface area contributed by atoms with Gasteiger partial charge in [-0.25, -0.2) is 0 Å². The molecule has 2 N–H and O–H groups in total. The molecule has 4 rings (SSSR count). The normalized spacial score (nSPS) is 13.9. The summed E-state index contributed by atoms with van der Waals surface area (Å²) < 4.78 is 0. The van der Waals surface area contributed by atoms with E-state index < -0.39 is 0 Å². The SMILES string of the molecule is Cc1cc(C)cc(-c2cc(NC(=O)c3sccc3C3CC3)n[nH]2)c1. The third kappa shape index (κ3) is 2.99. The molecule has 5 heteroatoms. The Labute approximate surface area is 144 Å². The minimum atomic E-state index is -0.0645. The number of nitrogens with zero attached hydrogens (tertiary/aromatic N) is 1. The van der Waals surface area contributed by atoms with Crippen molar-refractivity contribution in [2.75, 3.05) is 5.32 Å². The summed E-state index contributed by atoms with van der Waals surface area (Å²) in [6, 6.07) is 10.3. The third-order valence-electron chi connectivity index (χ3n) is 4.27. The molecule has 4 nitrogen and oxygen atoms in total. The van der Waals surface area contributed by atoms with Crippen molar-refractivity contribution < 1.29 is 4.79 Å². The van der Waals surface area contributed by atoms with E-state index in [2.05, 4.69) is 53.6 Å². The Kier molecular flexibility index (Phi) is 3.73. The number of aromatic amines is 1. The maximum Gasteiger partial charge on any atom is 0.267 e. The zero-order valence-electron chi connectivity index (χ0n) is 13.7. The van der Waals surface area contributed by atoms with Crippen molar-refractivity contribution in [2.24, 2.45) is 0 Å². The van der Waals surface area contributed by atoms with E-state index in [4.69, 9.17) is 0 Å². The molecule has 1 amide bonds. The van der Waals surface area contributed by atoms with Crippen LogP contribution in [0.5, 0.6) is 0 Å². The van der Waals surface area contributed by atoms with Crippen molar-refractivity contribution in [3.63, 3.8) is 0 Å². The molecule has 3 aromatic rings. The maximum absolute atomic E-state index is 12.5. The largest absolute Gasteiger partial charge is 0.304 e. The van der Waals surface area contributed by atoms with Crippen LogP contribution >= 0.6 is 11.3 Å². The van der Waals surface area contributed by atoms with Gasteiger partial charge in [-0.3, -0.25) is 9.89 Å². The minimum absolute atomic E-state index is 0.0645. The monoisotopic (exact) mass is 337 g/mol. The van der Waals surface area contributed by atoms with Gasteiger partial charge in [0.2, 0.25) is 0 Å². The lowest BCUT2D eigenvalue weighted by atomic mass is 10.1. The number of aryl methyl sites for hydroxylation is 2. The fraction of sp³-hybridized carbons (Fsp3) is 0.263. The highest BCUT2D eigenvalue weighted by Crippen LogP contribution is 2.43. The summed E-state index contributed by atoms with van der Waals surface area (Å²) in [4.78, 5) is 13.3. The number of carbonyl (C=O) groups is 1. The predicted molar refractivity (Wildman–Crippen MR) is 97.7 cm³/mol. The Morgan fingerprint density at radius 3 is 2.67 bits per heavy atom. The van der Waals surface area contributed by atoms with Crippen molar-refractivity contribution in [3.05, 3.63) is 57.3 Å². The fourth-order valence-electron chi connectivity index (χ4n) is 3.06. The molecule has 2 heterocycles. The average molecular weight is 337 g/mol. The number of anilines is 1. The van der Waals surface area contributed by atoms with Gasteiger partial charge in [0.05, 0.1) is 10.6 Å². The first-order chi connectivity index (χ1) is 11.6. The Morgan fingerprint density at radius 1 is 1.21 bits per heavy atom. The molecular weight excluding hydrogens is 318 g/mol. The van der Waals surface area contributed by atoms with Crippen molar-refractivity contribution in [1.29, 1.82) is 0 Å². The van der Waals surface area contributed by atoms with Crippen LogP contribution in [0.2, 0.25) is 0 Å². The summed E-state index contributed by atoms with van der Waals surface area (Å²) in [5.41, 5.74) is 5.58. The third-order valence-corrected chi connectivity index (χ3v) is 5.20. The van der Waals surface area contributed by atoms with Gasteiger partial charge >= 0.3 is 0 Å². The van der Waals surface area contributed by atoms with E-state index in [-0.39, 0.29) is 5.91 Å². The molecule has 2 aromatic heterocycles. The van der Waals surface area contributed by atoms with E-state index in [1.807, 2.05) is 11.4 Å². The predicted octanol–water partition coefficient (Wildman–Crippen LogP) is 4.88. The number of benzene rings is 1. The lowest BCUT2D eigenvalue weighted by molar-refractivity contribution is 0.102. The molecular formula is C19H19N3OS. The highest BCUT2D eigenvalue weighted by Gasteiger charge is 2.29. The van der Waals surface area contributed by atoms with Gasteiger partial charge in [-0.1, -0.05) is 17.2 Å². The summed E-state index contributed by atoms with van der Waals surface area (Å²) >= 11 is 1.50. The first-order valence-corrected chi connectivity index (χ1v) is 9.01. The molecule has 24 heavy (non-hydrogen) atoms. The molecule has 1 aliphatic carbocycles. The van der Waals surface area contributed by atoms with Crippen LogP contribution in [0.15, 0.2) is 35.7 Å². The van der Waals surface area contributed by atoms with Gasteiger partial charge in [0.15, 0.2) is 5.82 Å².